The van der Waals surface area contributed by atoms with Gasteiger partial charge in [-0.25, -0.2) is 8.42 Å². The fourth-order valence-electron chi connectivity index (χ4n) is 3.51. The highest BCUT2D eigenvalue weighted by atomic mass is 35.5. The van der Waals surface area contributed by atoms with Crippen LogP contribution in [0.2, 0.25) is 5.02 Å². The molecule has 156 valence electrons. The van der Waals surface area contributed by atoms with E-state index in [0.29, 0.717) is 25.4 Å². The summed E-state index contributed by atoms with van der Waals surface area (Å²) in [6.45, 7) is 4.78. The molecule has 1 aliphatic rings. The maximum Gasteiger partial charge on any atom is 0.244 e. The number of hydrogen-bond acceptors (Lipinski definition) is 4. The zero-order valence-corrected chi connectivity index (χ0v) is 18.1. The molecule has 2 aromatic carbocycles. The monoisotopic (exact) mass is 436 g/mol. The van der Waals surface area contributed by atoms with Crippen LogP contribution in [0.5, 0.6) is 0 Å². The summed E-state index contributed by atoms with van der Waals surface area (Å²) >= 11 is 6.15. The van der Waals surface area contributed by atoms with Crippen LogP contribution in [0.25, 0.3) is 0 Å². The standard InChI is InChI=1S/C21H25ClN2O4S/c1-3-24(4-2)29(26,27)20-13-16(9-10-18(20)22)23-21(25)14-19-17-8-6-5-7-15(17)11-12-28-19/h5-10,13,19H,3-4,11-12,14H2,1-2H3,(H,23,25). The molecule has 6 nitrogen and oxygen atoms in total. The second kappa shape index (κ2) is 9.26. The Morgan fingerprint density at radius 1 is 1.21 bits per heavy atom. The van der Waals surface area contributed by atoms with Gasteiger partial charge in [-0.05, 0) is 35.7 Å². The van der Waals surface area contributed by atoms with Gasteiger partial charge in [0.1, 0.15) is 4.90 Å². The van der Waals surface area contributed by atoms with Gasteiger partial charge >= 0.3 is 0 Å². The van der Waals surface area contributed by atoms with Crippen LogP contribution in [0, 0.1) is 0 Å². The van der Waals surface area contributed by atoms with Gasteiger partial charge in [0, 0.05) is 18.8 Å². The normalized spacial score (nSPS) is 16.5. The third kappa shape index (κ3) is 4.80. The van der Waals surface area contributed by atoms with Crippen molar-refractivity contribution in [2.45, 2.75) is 37.7 Å². The lowest BCUT2D eigenvalue weighted by Gasteiger charge is -2.25. The van der Waals surface area contributed by atoms with Crippen LogP contribution in [-0.4, -0.2) is 38.3 Å². The molecule has 0 aliphatic carbocycles. The molecule has 0 saturated heterocycles. The first-order chi connectivity index (χ1) is 13.9. The number of nitrogens with zero attached hydrogens (tertiary/aromatic N) is 1. The molecule has 1 amide bonds. The molecule has 0 fully saturated rings. The van der Waals surface area contributed by atoms with E-state index >= 15 is 0 Å². The van der Waals surface area contributed by atoms with Crippen molar-refractivity contribution >= 4 is 33.2 Å². The van der Waals surface area contributed by atoms with E-state index in [9.17, 15) is 13.2 Å². The average molecular weight is 437 g/mol. The maximum atomic E-state index is 12.8. The molecule has 2 aromatic rings. The number of halogens is 1. The minimum absolute atomic E-state index is 0.0140. The maximum absolute atomic E-state index is 12.8. The topological polar surface area (TPSA) is 75.7 Å². The number of sulfonamides is 1. The van der Waals surface area contributed by atoms with Crippen molar-refractivity contribution < 1.29 is 17.9 Å². The second-order valence-corrected chi connectivity index (χ2v) is 9.11. The van der Waals surface area contributed by atoms with Crippen LogP contribution >= 0.6 is 11.6 Å². The Hall–Kier alpha value is -1.93. The predicted molar refractivity (Wildman–Crippen MR) is 114 cm³/mol. The number of anilines is 1. The first-order valence-electron chi connectivity index (χ1n) is 9.65. The molecule has 3 rings (SSSR count). The highest BCUT2D eigenvalue weighted by molar-refractivity contribution is 7.89. The fraction of sp³-hybridized carbons (Fsp3) is 0.381. The van der Waals surface area contributed by atoms with Gasteiger partial charge in [0.25, 0.3) is 0 Å². The molecule has 0 saturated carbocycles. The van der Waals surface area contributed by atoms with Crippen LogP contribution in [-0.2, 0) is 26.0 Å². The van der Waals surface area contributed by atoms with Crippen LogP contribution in [0.15, 0.2) is 47.4 Å². The summed E-state index contributed by atoms with van der Waals surface area (Å²) in [6.07, 6.45) is 0.668. The Labute approximate surface area is 176 Å². The summed E-state index contributed by atoms with van der Waals surface area (Å²) in [5.41, 5.74) is 2.60. The van der Waals surface area contributed by atoms with Gasteiger partial charge in [0.2, 0.25) is 15.9 Å². The lowest BCUT2D eigenvalue weighted by molar-refractivity contribution is -0.119. The molecule has 8 heteroatoms. The Kier molecular flexibility index (Phi) is 6.95. The van der Waals surface area contributed by atoms with E-state index < -0.39 is 10.0 Å². The Morgan fingerprint density at radius 2 is 1.93 bits per heavy atom. The minimum atomic E-state index is -3.73. The van der Waals surface area contributed by atoms with Crippen molar-refractivity contribution in [3.05, 3.63) is 58.6 Å². The summed E-state index contributed by atoms with van der Waals surface area (Å²) in [5.74, 6) is -0.250. The average Bonchev–Trinajstić information content (AvgIpc) is 2.70. The summed E-state index contributed by atoms with van der Waals surface area (Å²) < 4.78 is 32.7. The van der Waals surface area contributed by atoms with Crippen LogP contribution in [0.4, 0.5) is 5.69 Å². The third-order valence-corrected chi connectivity index (χ3v) is 7.53. The Morgan fingerprint density at radius 3 is 2.66 bits per heavy atom. The zero-order valence-electron chi connectivity index (χ0n) is 16.5. The molecular formula is C21H25ClN2O4S. The minimum Gasteiger partial charge on any atom is -0.373 e. The van der Waals surface area contributed by atoms with Gasteiger partial charge in [-0.2, -0.15) is 4.31 Å². The van der Waals surface area contributed by atoms with E-state index in [-0.39, 0.29) is 28.4 Å². The molecule has 0 spiro atoms. The molecule has 1 heterocycles. The molecule has 29 heavy (non-hydrogen) atoms. The van der Waals surface area contributed by atoms with E-state index in [1.807, 2.05) is 24.3 Å². The number of carbonyl (C=O) groups excluding carboxylic acids is 1. The number of fused-ring (bicyclic) bond motifs is 1. The van der Waals surface area contributed by atoms with Gasteiger partial charge in [-0.3, -0.25) is 4.79 Å². The second-order valence-electron chi connectivity index (χ2n) is 6.80. The Balaban J connectivity index is 1.77. The van der Waals surface area contributed by atoms with Crippen molar-refractivity contribution in [3.63, 3.8) is 0 Å². The van der Waals surface area contributed by atoms with E-state index in [2.05, 4.69) is 5.32 Å². The largest absolute Gasteiger partial charge is 0.373 e. The summed E-state index contributed by atoms with van der Waals surface area (Å²) in [7, 11) is -3.73. The smallest absolute Gasteiger partial charge is 0.244 e. The Bertz CT molecular complexity index is 990. The van der Waals surface area contributed by atoms with Crippen molar-refractivity contribution in [2.75, 3.05) is 25.0 Å². The number of nitrogens with one attached hydrogen (secondary N) is 1. The number of hydrogen-bond donors (Lipinski definition) is 1. The highest BCUT2D eigenvalue weighted by Gasteiger charge is 2.26. The highest BCUT2D eigenvalue weighted by Crippen LogP contribution is 2.31. The summed E-state index contributed by atoms with van der Waals surface area (Å²) in [5, 5.41) is 2.90. The quantitative estimate of drug-likeness (QED) is 0.711. The van der Waals surface area contributed by atoms with Crippen molar-refractivity contribution in [1.82, 2.24) is 4.31 Å². The van der Waals surface area contributed by atoms with Gasteiger partial charge in [0.15, 0.2) is 0 Å². The first kappa shape index (κ1) is 21.8. The van der Waals surface area contributed by atoms with Gasteiger partial charge < -0.3 is 10.1 Å². The van der Waals surface area contributed by atoms with Crippen molar-refractivity contribution in [1.29, 1.82) is 0 Å². The molecule has 1 unspecified atom stereocenters. The van der Waals surface area contributed by atoms with Gasteiger partial charge in [-0.15, -0.1) is 0 Å². The fourth-order valence-corrected chi connectivity index (χ4v) is 5.47. The number of amides is 1. The number of benzene rings is 2. The molecule has 0 radical (unpaired) electrons. The third-order valence-electron chi connectivity index (χ3n) is 5.00. The SMILES string of the molecule is CCN(CC)S(=O)(=O)c1cc(NC(=O)CC2OCCc3ccccc32)ccc1Cl. The van der Waals surface area contributed by atoms with Crippen LogP contribution in [0.3, 0.4) is 0 Å². The van der Waals surface area contributed by atoms with Crippen molar-refractivity contribution in [3.8, 4) is 0 Å². The van der Waals surface area contributed by atoms with Crippen LogP contribution < -0.4 is 5.32 Å². The molecule has 1 aliphatic heterocycles. The summed E-state index contributed by atoms with van der Waals surface area (Å²) in [4.78, 5) is 12.6. The molecule has 0 aromatic heterocycles. The van der Waals surface area contributed by atoms with E-state index in [0.717, 1.165) is 12.0 Å². The molecule has 1 atom stereocenters. The molecule has 1 N–H and O–H groups in total. The number of rotatable bonds is 7. The van der Waals surface area contributed by atoms with E-state index in [1.54, 1.807) is 19.9 Å². The first-order valence-corrected chi connectivity index (χ1v) is 11.5. The van der Waals surface area contributed by atoms with Crippen molar-refractivity contribution in [2.24, 2.45) is 0 Å². The lowest BCUT2D eigenvalue weighted by atomic mass is 9.95. The summed E-state index contributed by atoms with van der Waals surface area (Å²) in [6, 6.07) is 12.4. The van der Waals surface area contributed by atoms with E-state index in [1.165, 1.54) is 22.0 Å². The number of carbonyl (C=O) groups is 1. The number of ether oxygens (including phenoxy) is 1. The predicted octanol–water partition coefficient (Wildman–Crippen LogP) is 4.01. The van der Waals surface area contributed by atoms with Crippen LogP contribution in [0.1, 0.15) is 37.5 Å². The van der Waals surface area contributed by atoms with Gasteiger partial charge in [0.05, 0.1) is 24.2 Å². The molecular weight excluding hydrogens is 412 g/mol. The molecule has 0 bridgehead atoms. The zero-order chi connectivity index (χ0) is 21.0. The van der Waals surface area contributed by atoms with E-state index in [4.69, 9.17) is 16.3 Å². The lowest BCUT2D eigenvalue weighted by Crippen LogP contribution is -2.31. The van der Waals surface area contributed by atoms with Gasteiger partial charge in [-0.1, -0.05) is 49.7 Å².